The van der Waals surface area contributed by atoms with Crippen LogP contribution in [0.5, 0.6) is 0 Å². The van der Waals surface area contributed by atoms with Gasteiger partial charge in [-0.2, -0.15) is 11.8 Å². The normalized spacial score (nSPS) is 21.4. The average molecular weight is 230 g/mol. The van der Waals surface area contributed by atoms with Crippen LogP contribution in [-0.4, -0.2) is 41.6 Å². The Labute approximate surface area is 99.0 Å². The van der Waals surface area contributed by atoms with Crippen molar-refractivity contribution in [2.75, 3.05) is 31.1 Å². The molecule has 0 aromatic rings. The number of thioether (sulfide) groups is 1. The molecular formula is C12H26N2S. The molecule has 15 heavy (non-hydrogen) atoms. The van der Waals surface area contributed by atoms with Crippen LogP contribution in [-0.2, 0) is 0 Å². The Hall–Kier alpha value is 0.270. The van der Waals surface area contributed by atoms with Gasteiger partial charge in [-0.1, -0.05) is 13.8 Å². The monoisotopic (exact) mass is 230 g/mol. The van der Waals surface area contributed by atoms with Gasteiger partial charge in [-0.05, 0) is 38.0 Å². The molecule has 0 aromatic carbocycles. The molecule has 1 heterocycles. The predicted molar refractivity (Wildman–Crippen MR) is 70.4 cm³/mol. The van der Waals surface area contributed by atoms with Crippen molar-refractivity contribution in [2.24, 2.45) is 11.1 Å². The van der Waals surface area contributed by atoms with Gasteiger partial charge in [-0.15, -0.1) is 0 Å². The minimum Gasteiger partial charge on any atom is -0.325 e. The zero-order valence-corrected chi connectivity index (χ0v) is 11.5. The highest BCUT2D eigenvalue weighted by Crippen LogP contribution is 2.29. The second-order valence-corrected chi connectivity index (χ2v) is 7.07. The zero-order chi connectivity index (χ0) is 11.5. The Kier molecular flexibility index (Phi) is 4.50. The molecule has 1 aliphatic rings. The molecule has 1 aliphatic heterocycles. The largest absolute Gasteiger partial charge is 0.325 e. The van der Waals surface area contributed by atoms with Gasteiger partial charge in [0.2, 0.25) is 0 Å². The lowest BCUT2D eigenvalue weighted by Crippen LogP contribution is -2.53. The van der Waals surface area contributed by atoms with Gasteiger partial charge in [-0.3, -0.25) is 0 Å². The van der Waals surface area contributed by atoms with Crippen molar-refractivity contribution in [1.82, 2.24) is 4.90 Å². The van der Waals surface area contributed by atoms with E-state index in [4.69, 9.17) is 5.73 Å². The first kappa shape index (κ1) is 13.3. The first-order chi connectivity index (χ1) is 6.83. The number of nitrogens with two attached hydrogens (primary N) is 1. The minimum atomic E-state index is -0.105. The van der Waals surface area contributed by atoms with Crippen LogP contribution in [0.1, 0.15) is 34.1 Å². The molecule has 0 unspecified atom stereocenters. The van der Waals surface area contributed by atoms with Crippen LogP contribution in [0, 0.1) is 5.41 Å². The van der Waals surface area contributed by atoms with Crippen molar-refractivity contribution in [2.45, 2.75) is 39.7 Å². The molecule has 0 saturated carbocycles. The maximum Gasteiger partial charge on any atom is 0.0161 e. The molecule has 0 aliphatic carbocycles. The number of nitrogens with zero attached hydrogens (tertiary/aromatic N) is 1. The van der Waals surface area contributed by atoms with Crippen LogP contribution in [0.25, 0.3) is 0 Å². The van der Waals surface area contributed by atoms with Crippen LogP contribution in [0.2, 0.25) is 0 Å². The summed E-state index contributed by atoms with van der Waals surface area (Å²) in [6.45, 7) is 12.4. The van der Waals surface area contributed by atoms with Crippen molar-refractivity contribution < 1.29 is 0 Å². The summed E-state index contributed by atoms with van der Waals surface area (Å²) in [4.78, 5) is 2.58. The highest BCUT2D eigenvalue weighted by atomic mass is 32.2. The molecule has 0 bridgehead atoms. The standard InChI is InChI=1S/C12H26N2S/c1-11(2,12(3,4)13)10-14-6-5-8-15-9-7-14/h5-10,13H2,1-4H3. The molecule has 0 amide bonds. The van der Waals surface area contributed by atoms with E-state index in [1.54, 1.807) is 0 Å². The van der Waals surface area contributed by atoms with Gasteiger partial charge in [0.1, 0.15) is 0 Å². The van der Waals surface area contributed by atoms with Crippen molar-refractivity contribution in [3.63, 3.8) is 0 Å². The molecular weight excluding hydrogens is 204 g/mol. The van der Waals surface area contributed by atoms with Crippen LogP contribution in [0.3, 0.4) is 0 Å². The smallest absolute Gasteiger partial charge is 0.0161 e. The lowest BCUT2D eigenvalue weighted by Gasteiger charge is -2.42. The summed E-state index contributed by atoms with van der Waals surface area (Å²) in [5.41, 5.74) is 6.32. The van der Waals surface area contributed by atoms with Crippen molar-refractivity contribution in [3.8, 4) is 0 Å². The van der Waals surface area contributed by atoms with E-state index in [2.05, 4.69) is 44.4 Å². The molecule has 1 fully saturated rings. The fourth-order valence-electron chi connectivity index (χ4n) is 1.72. The molecule has 2 nitrogen and oxygen atoms in total. The van der Waals surface area contributed by atoms with Crippen LogP contribution >= 0.6 is 11.8 Å². The molecule has 2 N–H and O–H groups in total. The Morgan fingerprint density at radius 2 is 1.80 bits per heavy atom. The summed E-state index contributed by atoms with van der Waals surface area (Å²) in [5.74, 6) is 2.60. The van der Waals surface area contributed by atoms with Crippen molar-refractivity contribution >= 4 is 11.8 Å². The van der Waals surface area contributed by atoms with Crippen molar-refractivity contribution in [1.29, 1.82) is 0 Å². The first-order valence-electron chi connectivity index (χ1n) is 5.92. The lowest BCUT2D eigenvalue weighted by atomic mass is 9.75. The summed E-state index contributed by atoms with van der Waals surface area (Å²) in [5, 5.41) is 0. The molecule has 90 valence electrons. The van der Waals surface area contributed by atoms with Crippen LogP contribution in [0.15, 0.2) is 0 Å². The molecule has 0 spiro atoms. The Bertz CT molecular complexity index is 188. The maximum atomic E-state index is 6.24. The molecule has 1 rings (SSSR count). The summed E-state index contributed by atoms with van der Waals surface area (Å²) < 4.78 is 0. The van der Waals surface area contributed by atoms with E-state index in [9.17, 15) is 0 Å². The summed E-state index contributed by atoms with van der Waals surface area (Å²) in [7, 11) is 0. The molecule has 0 aromatic heterocycles. The van der Waals surface area contributed by atoms with Gasteiger partial charge < -0.3 is 10.6 Å². The van der Waals surface area contributed by atoms with E-state index in [0.717, 1.165) is 6.54 Å². The Morgan fingerprint density at radius 1 is 1.13 bits per heavy atom. The van der Waals surface area contributed by atoms with Gasteiger partial charge in [-0.25, -0.2) is 0 Å². The van der Waals surface area contributed by atoms with Crippen LogP contribution in [0.4, 0.5) is 0 Å². The second kappa shape index (κ2) is 5.07. The van der Waals surface area contributed by atoms with Gasteiger partial charge in [0.25, 0.3) is 0 Å². The second-order valence-electron chi connectivity index (χ2n) is 5.85. The van der Waals surface area contributed by atoms with E-state index in [0.29, 0.717) is 0 Å². The maximum absolute atomic E-state index is 6.24. The van der Waals surface area contributed by atoms with E-state index in [1.165, 1.54) is 31.0 Å². The fourth-order valence-corrected chi connectivity index (χ4v) is 2.64. The highest BCUT2D eigenvalue weighted by Gasteiger charge is 2.34. The summed E-state index contributed by atoms with van der Waals surface area (Å²) in [6.07, 6.45) is 1.33. The number of hydrogen-bond donors (Lipinski definition) is 1. The quantitative estimate of drug-likeness (QED) is 0.806. The molecule has 3 heteroatoms. The number of hydrogen-bond acceptors (Lipinski definition) is 3. The lowest BCUT2D eigenvalue weighted by molar-refractivity contribution is 0.118. The molecule has 0 atom stereocenters. The Balaban J connectivity index is 2.51. The highest BCUT2D eigenvalue weighted by molar-refractivity contribution is 7.99. The predicted octanol–water partition coefficient (Wildman–Crippen LogP) is 2.19. The van der Waals surface area contributed by atoms with E-state index in [1.807, 2.05) is 0 Å². The van der Waals surface area contributed by atoms with Gasteiger partial charge in [0.15, 0.2) is 0 Å². The van der Waals surface area contributed by atoms with E-state index >= 15 is 0 Å². The van der Waals surface area contributed by atoms with Crippen LogP contribution < -0.4 is 5.73 Å². The van der Waals surface area contributed by atoms with Gasteiger partial charge in [0.05, 0.1) is 0 Å². The zero-order valence-electron chi connectivity index (χ0n) is 10.7. The summed E-state index contributed by atoms with van der Waals surface area (Å²) in [6, 6.07) is 0. The minimum absolute atomic E-state index is 0.105. The van der Waals surface area contributed by atoms with E-state index < -0.39 is 0 Å². The fraction of sp³-hybridized carbons (Fsp3) is 1.00. The first-order valence-corrected chi connectivity index (χ1v) is 7.07. The number of rotatable bonds is 3. The third-order valence-corrected chi connectivity index (χ3v) is 4.73. The Morgan fingerprint density at radius 3 is 2.40 bits per heavy atom. The third kappa shape index (κ3) is 3.97. The SMILES string of the molecule is CC(C)(N)C(C)(C)CN1CCCSCC1. The average Bonchev–Trinajstić information content (AvgIpc) is 2.30. The van der Waals surface area contributed by atoms with Crippen molar-refractivity contribution in [3.05, 3.63) is 0 Å². The van der Waals surface area contributed by atoms with Gasteiger partial charge in [0, 0.05) is 24.4 Å². The van der Waals surface area contributed by atoms with E-state index in [-0.39, 0.29) is 11.0 Å². The topological polar surface area (TPSA) is 29.3 Å². The third-order valence-electron chi connectivity index (χ3n) is 3.68. The van der Waals surface area contributed by atoms with Gasteiger partial charge >= 0.3 is 0 Å². The molecule has 1 saturated heterocycles. The molecule has 0 radical (unpaired) electrons. The summed E-state index contributed by atoms with van der Waals surface area (Å²) >= 11 is 2.08.